The van der Waals surface area contributed by atoms with E-state index in [1.165, 1.54) is 0 Å². The van der Waals surface area contributed by atoms with Crippen LogP contribution in [0.15, 0.2) is 18.2 Å². The topological polar surface area (TPSA) is 87.5 Å². The van der Waals surface area contributed by atoms with Gasteiger partial charge in [0, 0.05) is 32.7 Å². The number of benzene rings is 1. The van der Waals surface area contributed by atoms with Crippen LogP contribution in [0.3, 0.4) is 0 Å². The molecule has 1 saturated heterocycles. The lowest BCUT2D eigenvalue weighted by Gasteiger charge is -2.25. The molecule has 0 spiro atoms. The van der Waals surface area contributed by atoms with Crippen molar-refractivity contribution in [2.24, 2.45) is 5.41 Å². The lowest BCUT2D eigenvalue weighted by Crippen LogP contribution is -2.39. The minimum Gasteiger partial charge on any atom is -0.397 e. The Morgan fingerprint density at radius 1 is 1.29 bits per heavy atom. The van der Waals surface area contributed by atoms with E-state index in [4.69, 9.17) is 5.73 Å². The number of hydrogen-bond donors (Lipinski definition) is 3. The molecule has 6 nitrogen and oxygen atoms in total. The first-order valence-corrected chi connectivity index (χ1v) is 7.00. The van der Waals surface area contributed by atoms with E-state index < -0.39 is 5.41 Å². The number of nitrogen functional groups attached to an aromatic ring is 1. The number of rotatable bonds is 3. The van der Waals surface area contributed by atoms with Gasteiger partial charge in [0.1, 0.15) is 0 Å². The highest BCUT2D eigenvalue weighted by Crippen LogP contribution is 2.36. The summed E-state index contributed by atoms with van der Waals surface area (Å²) in [6, 6.07) is 5.26. The highest BCUT2D eigenvalue weighted by atomic mass is 16.2. The Kier molecular flexibility index (Phi) is 4.06. The van der Waals surface area contributed by atoms with E-state index >= 15 is 0 Å². The maximum absolute atomic E-state index is 12.0. The van der Waals surface area contributed by atoms with Gasteiger partial charge in [0.05, 0.1) is 16.8 Å². The van der Waals surface area contributed by atoms with Crippen molar-refractivity contribution < 1.29 is 9.59 Å². The Hall–Kier alpha value is -2.24. The Morgan fingerprint density at radius 3 is 2.57 bits per heavy atom. The highest BCUT2D eigenvalue weighted by molar-refractivity contribution is 5.96. The number of nitrogens with one attached hydrogen (secondary N) is 2. The van der Waals surface area contributed by atoms with Gasteiger partial charge in [-0.05, 0) is 31.5 Å². The molecule has 6 heteroatoms. The molecule has 0 aromatic heterocycles. The zero-order valence-corrected chi connectivity index (χ0v) is 12.7. The van der Waals surface area contributed by atoms with Crippen molar-refractivity contribution in [2.75, 3.05) is 37.8 Å². The molecule has 4 N–H and O–H groups in total. The summed E-state index contributed by atoms with van der Waals surface area (Å²) in [6.07, 6.45) is 0.781. The number of carbonyl (C=O) groups excluding carboxylic acids is 2. The van der Waals surface area contributed by atoms with E-state index in [0.29, 0.717) is 17.8 Å². The van der Waals surface area contributed by atoms with Gasteiger partial charge in [-0.25, -0.2) is 0 Å². The predicted octanol–water partition coefficient (Wildman–Crippen LogP) is 0.591. The van der Waals surface area contributed by atoms with Gasteiger partial charge in [-0.2, -0.15) is 0 Å². The fourth-order valence-electron chi connectivity index (χ4n) is 2.78. The van der Waals surface area contributed by atoms with Crippen LogP contribution in [0.25, 0.3) is 0 Å². The Labute approximate surface area is 124 Å². The van der Waals surface area contributed by atoms with Crippen LogP contribution in [0.2, 0.25) is 0 Å². The van der Waals surface area contributed by atoms with Gasteiger partial charge in [-0.3, -0.25) is 9.59 Å². The average molecular weight is 290 g/mol. The first-order valence-electron chi connectivity index (χ1n) is 7.00. The zero-order chi connectivity index (χ0) is 15.6. The predicted molar refractivity (Wildman–Crippen MR) is 83.2 cm³/mol. The van der Waals surface area contributed by atoms with Gasteiger partial charge in [-0.15, -0.1) is 0 Å². The van der Waals surface area contributed by atoms with Crippen molar-refractivity contribution in [1.29, 1.82) is 0 Å². The molecule has 0 bridgehead atoms. The molecule has 1 aromatic rings. The molecule has 0 radical (unpaired) electrons. The molecule has 0 saturated carbocycles. The summed E-state index contributed by atoms with van der Waals surface area (Å²) in [7, 11) is 3.24. The lowest BCUT2D eigenvalue weighted by molar-refractivity contribution is -0.128. The molecule has 1 aliphatic rings. The maximum Gasteiger partial charge on any atom is 0.251 e. The second-order valence-corrected chi connectivity index (χ2v) is 5.66. The highest BCUT2D eigenvalue weighted by Gasteiger charge is 2.40. The molecule has 1 aromatic carbocycles. The summed E-state index contributed by atoms with van der Waals surface area (Å²) >= 11 is 0. The quantitative estimate of drug-likeness (QED) is 0.711. The molecule has 1 fully saturated rings. The van der Waals surface area contributed by atoms with Crippen molar-refractivity contribution in [3.8, 4) is 0 Å². The third-order valence-electron chi connectivity index (χ3n) is 4.11. The molecule has 21 heavy (non-hydrogen) atoms. The smallest absolute Gasteiger partial charge is 0.251 e. The van der Waals surface area contributed by atoms with Crippen LogP contribution in [-0.4, -0.2) is 39.0 Å². The van der Waals surface area contributed by atoms with Crippen molar-refractivity contribution in [3.05, 3.63) is 23.8 Å². The van der Waals surface area contributed by atoms with Crippen LogP contribution >= 0.6 is 0 Å². The van der Waals surface area contributed by atoms with E-state index in [1.54, 1.807) is 26.2 Å². The number of amides is 2. The van der Waals surface area contributed by atoms with E-state index in [-0.39, 0.29) is 11.8 Å². The number of hydrogen-bond acceptors (Lipinski definition) is 4. The van der Waals surface area contributed by atoms with Crippen LogP contribution in [0, 0.1) is 5.41 Å². The molecule has 1 unspecified atom stereocenters. The van der Waals surface area contributed by atoms with Crippen LogP contribution in [0.4, 0.5) is 11.4 Å². The van der Waals surface area contributed by atoms with Gasteiger partial charge >= 0.3 is 0 Å². The summed E-state index contributed by atoms with van der Waals surface area (Å²) < 4.78 is 0. The van der Waals surface area contributed by atoms with E-state index in [0.717, 1.165) is 18.7 Å². The standard InChI is InChI=1S/C15H22N4O2/c1-15(14(21)18-3)6-7-19(9-15)12-5-4-10(8-11(12)16)13(20)17-2/h4-5,8H,6-7,9,16H2,1-3H3,(H,17,20)(H,18,21). The summed E-state index contributed by atoms with van der Waals surface area (Å²) in [5, 5.41) is 5.29. The summed E-state index contributed by atoms with van der Waals surface area (Å²) in [6.45, 7) is 3.35. The molecule has 0 aliphatic carbocycles. The van der Waals surface area contributed by atoms with Crippen molar-refractivity contribution >= 4 is 23.2 Å². The number of anilines is 2. The molecule has 1 aliphatic heterocycles. The fourth-order valence-corrected chi connectivity index (χ4v) is 2.78. The van der Waals surface area contributed by atoms with Crippen LogP contribution < -0.4 is 21.3 Å². The minimum atomic E-state index is -0.402. The van der Waals surface area contributed by atoms with Gasteiger partial charge in [0.25, 0.3) is 5.91 Å². The van der Waals surface area contributed by atoms with Crippen LogP contribution in [0.1, 0.15) is 23.7 Å². The Morgan fingerprint density at radius 2 is 2.00 bits per heavy atom. The molecule has 1 heterocycles. The lowest BCUT2D eigenvalue weighted by atomic mass is 9.89. The zero-order valence-electron chi connectivity index (χ0n) is 12.7. The van der Waals surface area contributed by atoms with Crippen LogP contribution in [-0.2, 0) is 4.79 Å². The van der Waals surface area contributed by atoms with E-state index in [2.05, 4.69) is 15.5 Å². The number of nitrogens with zero attached hydrogens (tertiary/aromatic N) is 1. The van der Waals surface area contributed by atoms with Crippen LogP contribution in [0.5, 0.6) is 0 Å². The van der Waals surface area contributed by atoms with Gasteiger partial charge in [-0.1, -0.05) is 0 Å². The molecular formula is C15H22N4O2. The van der Waals surface area contributed by atoms with Gasteiger partial charge in [0.2, 0.25) is 5.91 Å². The second kappa shape index (κ2) is 5.63. The molecule has 1 atom stereocenters. The Balaban J connectivity index is 2.21. The summed E-state index contributed by atoms with van der Waals surface area (Å²) in [4.78, 5) is 25.6. The maximum atomic E-state index is 12.0. The summed E-state index contributed by atoms with van der Waals surface area (Å²) in [5.41, 5.74) is 7.62. The largest absolute Gasteiger partial charge is 0.397 e. The third-order valence-corrected chi connectivity index (χ3v) is 4.11. The Bertz CT molecular complexity index is 573. The molecule has 114 valence electrons. The monoisotopic (exact) mass is 290 g/mol. The van der Waals surface area contributed by atoms with E-state index in [9.17, 15) is 9.59 Å². The summed E-state index contributed by atoms with van der Waals surface area (Å²) in [5.74, 6) is -0.115. The first-order chi connectivity index (χ1) is 9.91. The van der Waals surface area contributed by atoms with Crippen molar-refractivity contribution in [1.82, 2.24) is 10.6 Å². The van der Waals surface area contributed by atoms with Gasteiger partial charge < -0.3 is 21.3 Å². The van der Waals surface area contributed by atoms with Gasteiger partial charge in [0.15, 0.2) is 0 Å². The minimum absolute atomic E-state index is 0.0468. The number of nitrogens with two attached hydrogens (primary N) is 1. The normalized spacial score (nSPS) is 21.2. The SMILES string of the molecule is CNC(=O)c1ccc(N2CCC(C)(C(=O)NC)C2)c(N)c1. The molecule has 2 rings (SSSR count). The van der Waals surface area contributed by atoms with E-state index in [1.807, 2.05) is 13.0 Å². The average Bonchev–Trinajstić information content (AvgIpc) is 2.88. The molecular weight excluding hydrogens is 268 g/mol. The van der Waals surface area contributed by atoms with Crippen molar-refractivity contribution in [3.63, 3.8) is 0 Å². The first kappa shape index (κ1) is 15.2. The third kappa shape index (κ3) is 2.79. The number of carbonyl (C=O) groups is 2. The fraction of sp³-hybridized carbons (Fsp3) is 0.467. The van der Waals surface area contributed by atoms with Crippen molar-refractivity contribution in [2.45, 2.75) is 13.3 Å². The molecule has 2 amide bonds. The second-order valence-electron chi connectivity index (χ2n) is 5.66.